The van der Waals surface area contributed by atoms with Crippen molar-refractivity contribution in [1.82, 2.24) is 9.97 Å². The average Bonchev–Trinajstić information content (AvgIpc) is 2.46. The Hall–Kier alpha value is -1.99. The van der Waals surface area contributed by atoms with Gasteiger partial charge >= 0.3 is 0 Å². The number of nitrogens with one attached hydrogen (secondary N) is 1. The minimum Gasteiger partial charge on any atom is -0.369 e. The van der Waals surface area contributed by atoms with Crippen LogP contribution in [0.15, 0.2) is 47.8 Å². The lowest BCUT2D eigenvalue weighted by Crippen LogP contribution is -2.28. The molecule has 2 aromatic heterocycles. The topological polar surface area (TPSA) is 98.0 Å². The van der Waals surface area contributed by atoms with Crippen LogP contribution in [0.1, 0.15) is 19.4 Å². The number of nitrogens with two attached hydrogens (primary N) is 1. The van der Waals surface area contributed by atoms with Crippen LogP contribution in [0.3, 0.4) is 0 Å². The first-order valence-corrected chi connectivity index (χ1v) is 7.98. The third-order valence-electron chi connectivity index (χ3n) is 3.19. The van der Waals surface area contributed by atoms with Gasteiger partial charge in [-0.2, -0.15) is 0 Å². The predicted octanol–water partition coefficient (Wildman–Crippen LogP) is 1.51. The maximum Gasteiger partial charge on any atom is 0.255 e. The minimum atomic E-state index is -3.79. The van der Waals surface area contributed by atoms with Crippen LogP contribution in [0.25, 0.3) is 0 Å². The summed E-state index contributed by atoms with van der Waals surface area (Å²) < 4.78 is 22.6. The van der Waals surface area contributed by atoms with Gasteiger partial charge in [0.2, 0.25) is 0 Å². The fourth-order valence-corrected chi connectivity index (χ4v) is 2.38. The van der Waals surface area contributed by atoms with E-state index in [1.54, 1.807) is 24.5 Å². The van der Waals surface area contributed by atoms with Crippen LogP contribution in [0.4, 0.5) is 5.82 Å². The van der Waals surface area contributed by atoms with Crippen molar-refractivity contribution in [1.29, 1.82) is 0 Å². The van der Waals surface area contributed by atoms with E-state index in [2.05, 4.69) is 29.1 Å². The molecule has 0 saturated heterocycles. The Morgan fingerprint density at radius 1 is 1.19 bits per heavy atom. The maximum atomic E-state index is 11.3. The first-order valence-electron chi connectivity index (χ1n) is 6.43. The first-order chi connectivity index (χ1) is 9.79. The van der Waals surface area contributed by atoms with E-state index in [-0.39, 0.29) is 10.4 Å². The van der Waals surface area contributed by atoms with Gasteiger partial charge in [0.25, 0.3) is 10.0 Å². The van der Waals surface area contributed by atoms with E-state index in [1.165, 1.54) is 6.07 Å². The Labute approximate surface area is 124 Å². The summed E-state index contributed by atoms with van der Waals surface area (Å²) >= 11 is 0. The molecule has 0 aromatic carbocycles. The number of aromatic nitrogens is 2. The van der Waals surface area contributed by atoms with Gasteiger partial charge in [-0.3, -0.25) is 4.98 Å². The molecule has 0 unspecified atom stereocenters. The molecule has 0 atom stereocenters. The van der Waals surface area contributed by atoms with E-state index in [0.717, 1.165) is 5.56 Å². The molecule has 6 nitrogen and oxygen atoms in total. The molecule has 3 N–H and O–H groups in total. The van der Waals surface area contributed by atoms with Crippen molar-refractivity contribution in [3.63, 3.8) is 0 Å². The van der Waals surface area contributed by atoms with Crippen molar-refractivity contribution in [2.45, 2.75) is 24.3 Å². The molecular weight excluding hydrogens is 288 g/mol. The van der Waals surface area contributed by atoms with Gasteiger partial charge in [0.15, 0.2) is 5.03 Å². The molecule has 0 amide bonds. The molecule has 2 rings (SSSR count). The highest BCUT2D eigenvalue weighted by atomic mass is 32.2. The number of sulfonamides is 1. The van der Waals surface area contributed by atoms with Gasteiger partial charge in [-0.1, -0.05) is 19.9 Å². The summed E-state index contributed by atoms with van der Waals surface area (Å²) in [5, 5.41) is 8.07. The summed E-state index contributed by atoms with van der Waals surface area (Å²) in [5.41, 5.74) is 0.981. The third-order valence-corrected chi connectivity index (χ3v) is 4.00. The molecule has 2 heterocycles. The van der Waals surface area contributed by atoms with Gasteiger partial charge in [-0.15, -0.1) is 0 Å². The standard InChI is InChI=1S/C14H18N4O2S/c1-14(2,11-6-8-16-9-7-11)10-17-12-4-3-5-13(18-12)21(15,19)20/h3-9H,10H2,1-2H3,(H,17,18)(H2,15,19,20). The summed E-state index contributed by atoms with van der Waals surface area (Å²) in [5.74, 6) is 0.476. The van der Waals surface area contributed by atoms with Crippen LogP contribution in [0.2, 0.25) is 0 Å². The fraction of sp³-hybridized carbons (Fsp3) is 0.286. The Balaban J connectivity index is 2.13. The summed E-state index contributed by atoms with van der Waals surface area (Å²) in [6.07, 6.45) is 3.49. The van der Waals surface area contributed by atoms with Crippen LogP contribution in [0.5, 0.6) is 0 Å². The van der Waals surface area contributed by atoms with E-state index in [4.69, 9.17) is 5.14 Å². The minimum absolute atomic E-state index is 0.144. The van der Waals surface area contributed by atoms with E-state index in [0.29, 0.717) is 12.4 Å². The molecule has 0 radical (unpaired) electrons. The van der Waals surface area contributed by atoms with Crippen molar-refractivity contribution in [2.24, 2.45) is 5.14 Å². The van der Waals surface area contributed by atoms with Gasteiger partial charge in [0.1, 0.15) is 5.82 Å². The van der Waals surface area contributed by atoms with Crippen molar-refractivity contribution in [3.05, 3.63) is 48.3 Å². The maximum absolute atomic E-state index is 11.3. The monoisotopic (exact) mass is 306 g/mol. The number of anilines is 1. The zero-order valence-electron chi connectivity index (χ0n) is 11.9. The molecule has 0 aliphatic heterocycles. The van der Waals surface area contributed by atoms with Crippen molar-refractivity contribution >= 4 is 15.8 Å². The normalized spacial score (nSPS) is 12.1. The Bertz CT molecular complexity index is 715. The van der Waals surface area contributed by atoms with E-state index in [9.17, 15) is 8.42 Å². The number of pyridine rings is 2. The quantitative estimate of drug-likeness (QED) is 0.872. The number of nitrogens with zero attached hydrogens (tertiary/aromatic N) is 2. The van der Waals surface area contributed by atoms with Gasteiger partial charge < -0.3 is 5.32 Å². The van der Waals surface area contributed by atoms with Gasteiger partial charge in [-0.25, -0.2) is 18.5 Å². The van der Waals surface area contributed by atoms with Crippen LogP contribution in [0, 0.1) is 0 Å². The van der Waals surface area contributed by atoms with Crippen molar-refractivity contribution < 1.29 is 8.42 Å². The third kappa shape index (κ3) is 3.99. The molecule has 112 valence electrons. The molecule has 0 aliphatic rings. The van der Waals surface area contributed by atoms with Crippen LogP contribution >= 0.6 is 0 Å². The molecule has 0 aliphatic carbocycles. The Morgan fingerprint density at radius 3 is 2.48 bits per heavy atom. The Kier molecular flexibility index (Phi) is 4.24. The second-order valence-corrected chi connectivity index (χ2v) is 6.89. The summed E-state index contributed by atoms with van der Waals surface area (Å²) in [6.45, 7) is 4.76. The Morgan fingerprint density at radius 2 is 1.86 bits per heavy atom. The van der Waals surface area contributed by atoms with E-state index < -0.39 is 10.0 Å². The van der Waals surface area contributed by atoms with Crippen LogP contribution < -0.4 is 10.5 Å². The zero-order chi connectivity index (χ0) is 15.5. The first kappa shape index (κ1) is 15.4. The molecule has 0 saturated carbocycles. The van der Waals surface area contributed by atoms with Gasteiger partial charge in [-0.05, 0) is 29.8 Å². The highest BCUT2D eigenvalue weighted by Gasteiger charge is 2.20. The lowest BCUT2D eigenvalue weighted by atomic mass is 9.85. The van der Waals surface area contributed by atoms with E-state index in [1.807, 2.05) is 12.1 Å². The molecule has 2 aromatic rings. The van der Waals surface area contributed by atoms with Crippen molar-refractivity contribution in [3.8, 4) is 0 Å². The second kappa shape index (κ2) is 5.79. The van der Waals surface area contributed by atoms with Crippen molar-refractivity contribution in [2.75, 3.05) is 11.9 Å². The number of primary sulfonamides is 1. The highest BCUT2D eigenvalue weighted by molar-refractivity contribution is 7.89. The molecule has 21 heavy (non-hydrogen) atoms. The molecule has 0 fully saturated rings. The molecular formula is C14H18N4O2S. The lowest BCUT2D eigenvalue weighted by molar-refractivity contribution is 0.555. The molecule has 0 spiro atoms. The van der Waals surface area contributed by atoms with E-state index >= 15 is 0 Å². The molecule has 0 bridgehead atoms. The zero-order valence-corrected chi connectivity index (χ0v) is 12.8. The lowest BCUT2D eigenvalue weighted by Gasteiger charge is -2.25. The van der Waals surface area contributed by atoms with Crippen LogP contribution in [-0.4, -0.2) is 24.9 Å². The molecule has 7 heteroatoms. The van der Waals surface area contributed by atoms with Gasteiger partial charge in [0.05, 0.1) is 0 Å². The average molecular weight is 306 g/mol. The van der Waals surface area contributed by atoms with Gasteiger partial charge in [0, 0.05) is 24.4 Å². The fourth-order valence-electron chi connectivity index (χ4n) is 1.89. The summed E-state index contributed by atoms with van der Waals surface area (Å²) in [6, 6.07) is 8.59. The summed E-state index contributed by atoms with van der Waals surface area (Å²) in [7, 11) is -3.79. The highest BCUT2D eigenvalue weighted by Crippen LogP contribution is 2.22. The number of rotatable bonds is 5. The predicted molar refractivity (Wildman–Crippen MR) is 81.4 cm³/mol. The second-order valence-electron chi connectivity index (χ2n) is 5.38. The largest absolute Gasteiger partial charge is 0.369 e. The number of hydrogen-bond donors (Lipinski definition) is 2. The van der Waals surface area contributed by atoms with Crippen LogP contribution in [-0.2, 0) is 15.4 Å². The number of hydrogen-bond acceptors (Lipinski definition) is 5. The SMILES string of the molecule is CC(C)(CNc1cccc(S(N)(=O)=O)n1)c1ccncc1. The summed E-state index contributed by atoms with van der Waals surface area (Å²) in [4.78, 5) is 8.01. The smallest absolute Gasteiger partial charge is 0.255 e.